The number of hydrogen-bond donors (Lipinski definition) is 0. The summed E-state index contributed by atoms with van der Waals surface area (Å²) in [5.41, 5.74) is 0.946. The van der Waals surface area contributed by atoms with Crippen molar-refractivity contribution in [3.05, 3.63) is 42.5 Å². The summed E-state index contributed by atoms with van der Waals surface area (Å²) in [4.78, 5) is 9.37. The van der Waals surface area contributed by atoms with Gasteiger partial charge in [-0.3, -0.25) is 0 Å². The molecule has 1 aromatic carbocycles. The van der Waals surface area contributed by atoms with Crippen LogP contribution in [0.1, 0.15) is 40.2 Å². The second kappa shape index (κ2) is 7.26. The predicted octanol–water partition coefficient (Wildman–Crippen LogP) is 3.34. The second-order valence-electron chi connectivity index (χ2n) is 6.79. The summed E-state index contributed by atoms with van der Waals surface area (Å²) >= 11 is 0. The number of benzene rings is 1. The largest absolute Gasteiger partial charge is 0.493 e. The van der Waals surface area contributed by atoms with Crippen molar-refractivity contribution in [2.24, 2.45) is 10.6 Å². The monoisotopic (exact) mass is 316 g/mol. The van der Waals surface area contributed by atoms with E-state index in [1.165, 1.54) is 6.33 Å². The van der Waals surface area contributed by atoms with Crippen LogP contribution in [0.25, 0.3) is 0 Å². The van der Waals surface area contributed by atoms with Crippen LogP contribution in [0.5, 0.6) is 5.75 Å². The zero-order valence-corrected chi connectivity index (χ0v) is 14.4. The van der Waals surface area contributed by atoms with E-state index in [0.29, 0.717) is 12.4 Å². The van der Waals surface area contributed by atoms with Gasteiger partial charge in [0, 0.05) is 5.56 Å². The zero-order chi connectivity index (χ0) is 16.9. The molecule has 0 aliphatic rings. The first-order valence-electron chi connectivity index (χ1n) is 7.67. The molecule has 6 heteroatoms. The molecule has 1 aromatic heterocycles. The quantitative estimate of drug-likeness (QED) is 0.482. The number of ether oxygens (including phenoxy) is 1. The van der Waals surface area contributed by atoms with Gasteiger partial charge >= 0.3 is 0 Å². The lowest BCUT2D eigenvalue weighted by Gasteiger charge is -2.19. The number of oxime groups is 1. The number of rotatable bonds is 5. The lowest BCUT2D eigenvalue weighted by atomic mass is 9.99. The lowest BCUT2D eigenvalue weighted by Crippen LogP contribution is -2.18. The average molecular weight is 316 g/mol. The first kappa shape index (κ1) is 17.0. The minimum absolute atomic E-state index is 0.0196. The molecule has 2 rings (SSSR count). The van der Waals surface area contributed by atoms with Gasteiger partial charge in [0.05, 0.1) is 6.61 Å². The topological polar surface area (TPSA) is 61.5 Å². The van der Waals surface area contributed by atoms with E-state index < -0.39 is 0 Å². The van der Waals surface area contributed by atoms with Crippen molar-refractivity contribution in [2.75, 3.05) is 6.61 Å². The van der Waals surface area contributed by atoms with Gasteiger partial charge in [0.25, 0.3) is 0 Å². The Morgan fingerprint density at radius 2 is 2.09 bits per heavy atom. The highest BCUT2D eigenvalue weighted by Crippen LogP contribution is 2.19. The van der Waals surface area contributed by atoms with Crippen LogP contribution in [0.15, 0.2) is 42.1 Å². The summed E-state index contributed by atoms with van der Waals surface area (Å²) in [5, 5.41) is 8.35. The van der Waals surface area contributed by atoms with Gasteiger partial charge < -0.3 is 9.57 Å². The Bertz CT molecular complexity index is 643. The molecule has 0 bridgehead atoms. The highest BCUT2D eigenvalue weighted by molar-refractivity contribution is 5.99. The van der Waals surface area contributed by atoms with Crippen molar-refractivity contribution in [3.63, 3.8) is 0 Å². The predicted molar refractivity (Wildman–Crippen MR) is 89.6 cm³/mol. The molecular formula is C17H24N4O2. The van der Waals surface area contributed by atoms with Crippen LogP contribution in [-0.4, -0.2) is 33.3 Å². The molecule has 0 atom stereocenters. The van der Waals surface area contributed by atoms with Gasteiger partial charge in [-0.25, -0.2) is 4.98 Å². The molecule has 6 nitrogen and oxygen atoms in total. The third-order valence-corrected chi connectivity index (χ3v) is 2.75. The molecule has 0 N–H and O–H groups in total. The molecule has 23 heavy (non-hydrogen) atoms. The third kappa shape index (κ3) is 5.39. The first-order chi connectivity index (χ1) is 10.8. The maximum Gasteiger partial charge on any atom is 0.201 e. The average Bonchev–Trinajstić information content (AvgIpc) is 2.99. The van der Waals surface area contributed by atoms with E-state index in [-0.39, 0.29) is 11.5 Å². The van der Waals surface area contributed by atoms with Crippen LogP contribution in [0.3, 0.4) is 0 Å². The molecular weight excluding hydrogens is 292 g/mol. The van der Waals surface area contributed by atoms with E-state index >= 15 is 0 Å². The molecule has 0 amide bonds. The molecule has 0 saturated carbocycles. The van der Waals surface area contributed by atoms with Gasteiger partial charge in [0.15, 0.2) is 0 Å². The molecule has 1 heterocycles. The maximum atomic E-state index is 5.86. The number of hydrogen-bond acceptors (Lipinski definition) is 5. The van der Waals surface area contributed by atoms with Crippen molar-refractivity contribution >= 4 is 5.84 Å². The van der Waals surface area contributed by atoms with Gasteiger partial charge in [-0.15, -0.1) is 0 Å². The Hall–Kier alpha value is -2.37. The van der Waals surface area contributed by atoms with Gasteiger partial charge in [0.2, 0.25) is 5.84 Å². The van der Waals surface area contributed by atoms with Crippen LogP contribution >= 0.6 is 0 Å². The Morgan fingerprint density at radius 3 is 2.70 bits per heavy atom. The van der Waals surface area contributed by atoms with Crippen LogP contribution in [0.4, 0.5) is 0 Å². The second-order valence-corrected chi connectivity index (χ2v) is 6.79. The lowest BCUT2D eigenvalue weighted by molar-refractivity contribution is 0.0851. The minimum atomic E-state index is -0.0196. The van der Waals surface area contributed by atoms with E-state index in [0.717, 1.165) is 11.3 Å². The normalized spacial score (nSPS) is 12.5. The molecule has 0 saturated heterocycles. The molecule has 0 fully saturated rings. The highest BCUT2D eigenvalue weighted by atomic mass is 16.6. The van der Waals surface area contributed by atoms with E-state index in [1.807, 2.05) is 38.1 Å². The van der Waals surface area contributed by atoms with Crippen molar-refractivity contribution in [2.45, 2.75) is 40.7 Å². The highest BCUT2D eigenvalue weighted by Gasteiger charge is 2.13. The van der Waals surface area contributed by atoms with Gasteiger partial charge in [-0.05, 0) is 31.4 Å². The van der Waals surface area contributed by atoms with E-state index in [2.05, 4.69) is 36.0 Å². The molecule has 0 aliphatic heterocycles. The summed E-state index contributed by atoms with van der Waals surface area (Å²) < 4.78 is 7.44. The molecule has 2 aromatic rings. The number of aromatic nitrogens is 3. The molecule has 0 unspecified atom stereocenters. The van der Waals surface area contributed by atoms with Crippen molar-refractivity contribution in [3.8, 4) is 5.75 Å². The van der Waals surface area contributed by atoms with Crippen LogP contribution in [0, 0.1) is 5.41 Å². The van der Waals surface area contributed by atoms with E-state index in [4.69, 9.17) is 9.57 Å². The van der Waals surface area contributed by atoms with Gasteiger partial charge in [0.1, 0.15) is 24.5 Å². The Labute approximate surface area is 137 Å². The van der Waals surface area contributed by atoms with Crippen LogP contribution in [-0.2, 0) is 4.84 Å². The summed E-state index contributed by atoms with van der Waals surface area (Å²) in [6.45, 7) is 10.9. The molecule has 124 valence electrons. The van der Waals surface area contributed by atoms with Gasteiger partial charge in [-0.1, -0.05) is 38.1 Å². The van der Waals surface area contributed by atoms with Crippen molar-refractivity contribution in [1.82, 2.24) is 14.8 Å². The molecule has 0 radical (unpaired) electrons. The maximum absolute atomic E-state index is 5.86. The summed E-state index contributed by atoms with van der Waals surface area (Å²) in [6, 6.07) is 7.72. The van der Waals surface area contributed by atoms with E-state index in [1.54, 1.807) is 11.0 Å². The zero-order valence-electron chi connectivity index (χ0n) is 14.4. The van der Waals surface area contributed by atoms with Crippen molar-refractivity contribution in [1.29, 1.82) is 0 Å². The SMILES string of the molecule is CC(C)O/N=C(\c1cccc(OCC(C)(C)C)c1)n1cncn1. The fraction of sp³-hybridized carbons (Fsp3) is 0.471. The third-order valence-electron chi connectivity index (χ3n) is 2.75. The van der Waals surface area contributed by atoms with Gasteiger partial charge in [-0.2, -0.15) is 9.78 Å². The molecule has 0 spiro atoms. The summed E-state index contributed by atoms with van der Waals surface area (Å²) in [6.07, 6.45) is 3.03. The summed E-state index contributed by atoms with van der Waals surface area (Å²) in [5.74, 6) is 1.35. The van der Waals surface area contributed by atoms with Crippen LogP contribution in [0.2, 0.25) is 0 Å². The smallest absolute Gasteiger partial charge is 0.201 e. The Balaban J connectivity index is 2.27. The number of nitrogens with zero attached hydrogens (tertiary/aromatic N) is 4. The first-order valence-corrected chi connectivity index (χ1v) is 7.67. The van der Waals surface area contributed by atoms with E-state index in [9.17, 15) is 0 Å². The summed E-state index contributed by atoms with van der Waals surface area (Å²) in [7, 11) is 0. The Kier molecular flexibility index (Phi) is 5.36. The standard InChI is InChI=1S/C17H24N4O2/c1-13(2)23-20-16(21-12-18-11-19-21)14-7-6-8-15(9-14)22-10-17(3,4)5/h6-9,11-13H,10H2,1-5H3/b20-16+. The minimum Gasteiger partial charge on any atom is -0.493 e. The fourth-order valence-electron chi connectivity index (χ4n) is 1.72. The van der Waals surface area contributed by atoms with Crippen LogP contribution < -0.4 is 4.74 Å². The molecule has 0 aliphatic carbocycles. The fourth-order valence-corrected chi connectivity index (χ4v) is 1.72. The Morgan fingerprint density at radius 1 is 1.30 bits per heavy atom. The van der Waals surface area contributed by atoms with Crippen molar-refractivity contribution < 1.29 is 9.57 Å².